The number of nitrogens with zero attached hydrogens (tertiary/aromatic N) is 2. The van der Waals surface area contributed by atoms with E-state index < -0.39 is 5.63 Å². The molecule has 2 aromatic heterocycles. The molecule has 0 saturated carbocycles. The Balaban J connectivity index is 1.96. The summed E-state index contributed by atoms with van der Waals surface area (Å²) in [5.41, 5.74) is 1.66. The van der Waals surface area contributed by atoms with E-state index in [9.17, 15) is 4.79 Å². The second kappa shape index (κ2) is 4.68. The maximum Gasteiger partial charge on any atom is 0.438 e. The van der Waals surface area contributed by atoms with Gasteiger partial charge in [0.15, 0.2) is 0 Å². The zero-order chi connectivity index (χ0) is 14.2. The van der Waals surface area contributed by atoms with Gasteiger partial charge in [-0.05, 0) is 22.1 Å². The number of fused-ring (bicyclic) bond motifs is 1. The molecule has 102 valence electrons. The van der Waals surface area contributed by atoms with Crippen LogP contribution < -0.4 is 10.3 Å². The quantitative estimate of drug-likeness (QED) is 0.578. The molecular formula is C15H10N3O2S+. The highest BCUT2D eigenvalue weighted by Crippen LogP contribution is 2.26. The molecule has 0 bridgehead atoms. The largest absolute Gasteiger partial charge is 0.438 e. The average Bonchev–Trinajstić information content (AvgIpc) is 3.11. The number of aromatic nitrogens is 3. The average molecular weight is 296 g/mol. The minimum Gasteiger partial charge on any atom is -0.282 e. The van der Waals surface area contributed by atoms with Gasteiger partial charge in [-0.1, -0.05) is 30.3 Å². The van der Waals surface area contributed by atoms with Crippen molar-refractivity contribution < 1.29 is 9.20 Å². The number of hydrogen-bond donors (Lipinski definition) is 1. The summed E-state index contributed by atoms with van der Waals surface area (Å²) < 4.78 is 7.60. The Bertz CT molecular complexity index is 936. The van der Waals surface area contributed by atoms with Gasteiger partial charge in [0, 0.05) is 12.1 Å². The third-order valence-electron chi connectivity index (χ3n) is 3.16. The monoisotopic (exact) mass is 296 g/mol. The van der Waals surface area contributed by atoms with Crippen LogP contribution in [0.3, 0.4) is 0 Å². The van der Waals surface area contributed by atoms with E-state index in [2.05, 4.69) is 10.3 Å². The minimum absolute atomic E-state index is 0.405. The predicted molar refractivity (Wildman–Crippen MR) is 79.5 cm³/mol. The number of aromatic amines is 1. The molecule has 0 amide bonds. The summed E-state index contributed by atoms with van der Waals surface area (Å²) in [6, 6.07) is 17.3. The van der Waals surface area contributed by atoms with Gasteiger partial charge in [0.05, 0.1) is 10.2 Å². The fourth-order valence-electron chi connectivity index (χ4n) is 2.19. The third-order valence-corrected chi connectivity index (χ3v) is 4.20. The Kier molecular flexibility index (Phi) is 2.68. The van der Waals surface area contributed by atoms with Gasteiger partial charge in [0.25, 0.3) is 0 Å². The fourth-order valence-corrected chi connectivity index (χ4v) is 3.18. The molecule has 0 saturated heterocycles. The molecule has 0 radical (unpaired) electrons. The van der Waals surface area contributed by atoms with Crippen LogP contribution in [0.2, 0.25) is 0 Å². The van der Waals surface area contributed by atoms with Gasteiger partial charge in [-0.15, -0.1) is 11.3 Å². The van der Waals surface area contributed by atoms with E-state index in [0.717, 1.165) is 15.9 Å². The van der Waals surface area contributed by atoms with Crippen molar-refractivity contribution >= 4 is 21.6 Å². The number of hydrogen-bond acceptors (Lipinski definition) is 4. The Labute approximate surface area is 123 Å². The van der Waals surface area contributed by atoms with Crippen LogP contribution in [-0.2, 0) is 0 Å². The maximum absolute atomic E-state index is 12.0. The van der Waals surface area contributed by atoms with Gasteiger partial charge in [-0.25, -0.2) is 9.78 Å². The lowest BCUT2D eigenvalue weighted by Crippen LogP contribution is -2.35. The first-order chi connectivity index (χ1) is 10.3. The minimum atomic E-state index is -0.432. The lowest BCUT2D eigenvalue weighted by atomic mass is 10.3. The highest BCUT2D eigenvalue weighted by molar-refractivity contribution is 7.21. The van der Waals surface area contributed by atoms with E-state index in [0.29, 0.717) is 10.7 Å². The normalized spacial score (nSPS) is 11.0. The van der Waals surface area contributed by atoms with E-state index in [1.54, 1.807) is 4.68 Å². The molecule has 2 heterocycles. The molecule has 0 unspecified atom stereocenters. The zero-order valence-corrected chi connectivity index (χ0v) is 11.6. The Morgan fingerprint density at radius 3 is 2.62 bits per heavy atom. The maximum atomic E-state index is 12.0. The van der Waals surface area contributed by atoms with Gasteiger partial charge in [0.2, 0.25) is 10.7 Å². The standard InChI is InChI=1S/C15H9N3O2S/c19-15-13(14-16-11-8-4-5-9-12(11)21-14)18(17-20-15)10-6-2-1-3-7-10/h1-9H/p+1. The number of thiazole rings is 1. The highest BCUT2D eigenvalue weighted by Gasteiger charge is 2.28. The van der Waals surface area contributed by atoms with Gasteiger partial charge in [-0.3, -0.25) is 4.52 Å². The molecule has 0 aliphatic rings. The summed E-state index contributed by atoms with van der Waals surface area (Å²) in [5.74, 6) is 0. The lowest BCUT2D eigenvalue weighted by Gasteiger charge is -1.90. The Hall–Kier alpha value is -2.73. The molecule has 0 aliphatic heterocycles. The molecule has 2 aromatic carbocycles. The Morgan fingerprint density at radius 1 is 1.05 bits per heavy atom. The second-order valence-electron chi connectivity index (χ2n) is 4.49. The van der Waals surface area contributed by atoms with E-state index in [1.807, 2.05) is 54.6 Å². The van der Waals surface area contributed by atoms with Crippen LogP contribution in [0, 0.1) is 0 Å². The number of para-hydroxylation sites is 2. The van der Waals surface area contributed by atoms with Crippen LogP contribution in [-0.4, -0.2) is 10.3 Å². The SMILES string of the molecule is O=c1o[nH][n+](-c2ccccc2)c1-c1nc2ccccc2s1. The predicted octanol–water partition coefficient (Wildman–Crippen LogP) is 2.52. The smallest absolute Gasteiger partial charge is 0.282 e. The molecule has 4 rings (SSSR count). The second-order valence-corrected chi connectivity index (χ2v) is 5.52. The summed E-state index contributed by atoms with van der Waals surface area (Å²) in [4.78, 5) is 16.6. The first kappa shape index (κ1) is 12.0. The van der Waals surface area contributed by atoms with Gasteiger partial charge in [-0.2, -0.15) is 0 Å². The van der Waals surface area contributed by atoms with Crippen molar-refractivity contribution in [2.45, 2.75) is 0 Å². The fraction of sp³-hybridized carbons (Fsp3) is 0. The first-order valence-corrected chi connectivity index (χ1v) is 7.19. The topological polar surface area (TPSA) is 62.8 Å². The van der Waals surface area contributed by atoms with Crippen LogP contribution in [0.5, 0.6) is 0 Å². The molecule has 0 atom stereocenters. The van der Waals surface area contributed by atoms with Crippen molar-refractivity contribution in [2.75, 3.05) is 0 Å². The summed E-state index contributed by atoms with van der Waals surface area (Å²) in [6.45, 7) is 0. The molecule has 5 nitrogen and oxygen atoms in total. The molecule has 1 N–H and O–H groups in total. The lowest BCUT2D eigenvalue weighted by molar-refractivity contribution is -0.660. The molecule has 4 aromatic rings. The van der Waals surface area contributed by atoms with Crippen LogP contribution in [0.1, 0.15) is 0 Å². The van der Waals surface area contributed by atoms with E-state index in [4.69, 9.17) is 4.52 Å². The van der Waals surface area contributed by atoms with E-state index in [1.165, 1.54) is 11.3 Å². The number of H-pyrrole nitrogens is 1. The molecule has 0 aliphatic carbocycles. The third kappa shape index (κ3) is 1.96. The van der Waals surface area contributed by atoms with Gasteiger partial charge in [0.1, 0.15) is 0 Å². The van der Waals surface area contributed by atoms with Crippen molar-refractivity contribution in [3.8, 4) is 16.4 Å². The summed E-state index contributed by atoms with van der Waals surface area (Å²) >= 11 is 1.47. The summed E-state index contributed by atoms with van der Waals surface area (Å²) in [5, 5.41) is 3.26. The molecule has 0 spiro atoms. The zero-order valence-electron chi connectivity index (χ0n) is 10.8. The van der Waals surface area contributed by atoms with Crippen molar-refractivity contribution in [3.05, 3.63) is 65.0 Å². The number of benzene rings is 2. The van der Waals surface area contributed by atoms with Crippen LogP contribution >= 0.6 is 11.3 Å². The Morgan fingerprint density at radius 2 is 1.81 bits per heavy atom. The molecule has 21 heavy (non-hydrogen) atoms. The van der Waals surface area contributed by atoms with Gasteiger partial charge < -0.3 is 0 Å². The van der Waals surface area contributed by atoms with Crippen LogP contribution in [0.15, 0.2) is 63.9 Å². The van der Waals surface area contributed by atoms with Crippen molar-refractivity contribution in [3.63, 3.8) is 0 Å². The first-order valence-electron chi connectivity index (χ1n) is 6.38. The number of rotatable bonds is 2. The molecule has 6 heteroatoms. The van der Waals surface area contributed by atoms with Crippen LogP contribution in [0.25, 0.3) is 26.6 Å². The van der Waals surface area contributed by atoms with Gasteiger partial charge >= 0.3 is 11.3 Å². The molecular weight excluding hydrogens is 286 g/mol. The highest BCUT2D eigenvalue weighted by atomic mass is 32.1. The van der Waals surface area contributed by atoms with Crippen molar-refractivity contribution in [1.82, 2.24) is 10.3 Å². The number of nitrogens with one attached hydrogen (secondary N) is 1. The summed E-state index contributed by atoms with van der Waals surface area (Å²) in [7, 11) is 0. The van der Waals surface area contributed by atoms with Crippen LogP contribution in [0.4, 0.5) is 0 Å². The van der Waals surface area contributed by atoms with E-state index >= 15 is 0 Å². The van der Waals surface area contributed by atoms with Crippen molar-refractivity contribution in [1.29, 1.82) is 0 Å². The van der Waals surface area contributed by atoms with Crippen molar-refractivity contribution in [2.24, 2.45) is 0 Å². The summed E-state index contributed by atoms with van der Waals surface area (Å²) in [6.07, 6.45) is 0. The molecule has 0 fully saturated rings. The van der Waals surface area contributed by atoms with E-state index in [-0.39, 0.29) is 0 Å².